The van der Waals surface area contributed by atoms with Crippen molar-refractivity contribution in [3.63, 3.8) is 0 Å². The molecule has 0 N–H and O–H groups in total. The summed E-state index contributed by atoms with van der Waals surface area (Å²) in [6.45, 7) is 6.00. The van der Waals surface area contributed by atoms with Crippen molar-refractivity contribution in [3.05, 3.63) is 47.4 Å². The smallest absolute Gasteiger partial charge is 0.225 e. The van der Waals surface area contributed by atoms with Crippen LogP contribution in [-0.4, -0.2) is 65.3 Å². The first-order valence-electron chi connectivity index (χ1n) is 12.5. The number of nitrogens with zero attached hydrogens (tertiary/aromatic N) is 5. The van der Waals surface area contributed by atoms with Crippen LogP contribution in [-0.2, 0) is 19.9 Å². The Kier molecular flexibility index (Phi) is 4.37. The lowest BCUT2D eigenvalue weighted by Crippen LogP contribution is -2.67. The van der Waals surface area contributed by atoms with Crippen LogP contribution in [0.3, 0.4) is 0 Å². The molecule has 3 aromatic rings. The van der Waals surface area contributed by atoms with Crippen molar-refractivity contribution in [2.24, 2.45) is 5.41 Å². The molecule has 1 spiro atoms. The molecular formula is C27H31N5O3. The van der Waals surface area contributed by atoms with Crippen LogP contribution in [0, 0.1) is 12.3 Å². The van der Waals surface area contributed by atoms with Crippen LogP contribution in [0.1, 0.15) is 49.0 Å². The van der Waals surface area contributed by atoms with Gasteiger partial charge in [-0.3, -0.25) is 14.6 Å². The Hall–Kier alpha value is -2.81. The van der Waals surface area contributed by atoms with E-state index in [1.165, 1.54) is 5.56 Å². The van der Waals surface area contributed by atoms with Crippen molar-refractivity contribution >= 4 is 22.6 Å². The maximum Gasteiger partial charge on any atom is 0.225 e. The number of aromatic nitrogens is 3. The lowest BCUT2D eigenvalue weighted by Gasteiger charge is -2.65. The summed E-state index contributed by atoms with van der Waals surface area (Å²) in [5, 5.41) is 1.13. The Morgan fingerprint density at radius 2 is 2.06 bits per heavy atom. The Bertz CT molecular complexity index is 1370. The monoisotopic (exact) mass is 473 g/mol. The normalized spacial score (nSPS) is 31.5. The highest BCUT2D eigenvalue weighted by molar-refractivity contribution is 5.95. The molecule has 0 radical (unpaired) electrons. The van der Waals surface area contributed by atoms with Gasteiger partial charge in [-0.2, -0.15) is 0 Å². The molecule has 3 fully saturated rings. The lowest BCUT2D eigenvalue weighted by molar-refractivity contribution is -0.133. The second-order valence-corrected chi connectivity index (χ2v) is 11.0. The van der Waals surface area contributed by atoms with Gasteiger partial charge >= 0.3 is 0 Å². The highest BCUT2D eigenvalue weighted by Gasteiger charge is 2.61. The molecule has 0 aromatic carbocycles. The molecule has 35 heavy (non-hydrogen) atoms. The topological polar surface area (TPSA) is 72.7 Å². The van der Waals surface area contributed by atoms with Crippen LogP contribution >= 0.6 is 0 Å². The average Bonchev–Trinajstić information content (AvgIpc) is 3.42. The van der Waals surface area contributed by atoms with Gasteiger partial charge in [0.1, 0.15) is 17.2 Å². The van der Waals surface area contributed by atoms with Gasteiger partial charge in [-0.1, -0.05) is 0 Å². The van der Waals surface area contributed by atoms with Crippen molar-refractivity contribution in [2.45, 2.75) is 50.8 Å². The zero-order valence-corrected chi connectivity index (χ0v) is 20.7. The number of anilines is 1. The number of amides is 1. The van der Waals surface area contributed by atoms with E-state index >= 15 is 0 Å². The standard InChI is InChI=1S/C27H31N5O3/c1-16-7-22(27(34-4)5-6-35-15-27)29-24(8-16)31-13-20-19-12-28-23(9-21(19)31)32(17(2)33)18-10-26(11-18)14-30(3)25(20)26/h7-9,12-13,18,25H,5-6,10-11,14-15H2,1-4H3/t18?,25-,26?,27-/m0/s1. The van der Waals surface area contributed by atoms with E-state index in [2.05, 4.69) is 47.8 Å². The van der Waals surface area contributed by atoms with Crippen molar-refractivity contribution in [3.8, 4) is 5.82 Å². The predicted molar refractivity (Wildman–Crippen MR) is 132 cm³/mol. The van der Waals surface area contributed by atoms with Crippen molar-refractivity contribution in [2.75, 3.05) is 38.8 Å². The van der Waals surface area contributed by atoms with Crippen LogP contribution in [0.5, 0.6) is 0 Å². The minimum absolute atomic E-state index is 0.0547. The second-order valence-electron chi connectivity index (χ2n) is 11.0. The molecule has 182 valence electrons. The highest BCUT2D eigenvalue weighted by Crippen LogP contribution is 2.62. The quantitative estimate of drug-likeness (QED) is 0.580. The maximum absolute atomic E-state index is 12.7. The Labute approximate surface area is 204 Å². The average molecular weight is 474 g/mol. The van der Waals surface area contributed by atoms with Crippen LogP contribution in [0.15, 0.2) is 30.6 Å². The lowest BCUT2D eigenvalue weighted by atomic mass is 9.54. The first-order chi connectivity index (χ1) is 16.8. The predicted octanol–water partition coefficient (Wildman–Crippen LogP) is 3.49. The molecule has 3 aromatic heterocycles. The van der Waals surface area contributed by atoms with E-state index in [1.54, 1.807) is 14.0 Å². The van der Waals surface area contributed by atoms with Crippen LogP contribution in [0.25, 0.3) is 16.7 Å². The molecule has 6 aliphatic heterocycles. The van der Waals surface area contributed by atoms with Gasteiger partial charge in [0.2, 0.25) is 5.91 Å². The minimum Gasteiger partial charge on any atom is -0.378 e. The van der Waals surface area contributed by atoms with E-state index in [0.717, 1.165) is 59.6 Å². The summed E-state index contributed by atoms with van der Waals surface area (Å²) in [5.41, 5.74) is 4.07. The van der Waals surface area contributed by atoms with Gasteiger partial charge < -0.3 is 14.0 Å². The molecule has 10 rings (SSSR count). The van der Waals surface area contributed by atoms with E-state index in [0.29, 0.717) is 19.3 Å². The van der Waals surface area contributed by atoms with Crippen molar-refractivity contribution in [1.29, 1.82) is 0 Å². The zero-order valence-electron chi connectivity index (χ0n) is 20.7. The van der Waals surface area contributed by atoms with E-state index in [-0.39, 0.29) is 17.4 Å². The summed E-state index contributed by atoms with van der Waals surface area (Å²) >= 11 is 0. The van der Waals surface area contributed by atoms with Gasteiger partial charge in [-0.25, -0.2) is 9.97 Å². The minimum atomic E-state index is -0.521. The largest absolute Gasteiger partial charge is 0.378 e. The molecular weight excluding hydrogens is 442 g/mol. The molecule has 7 aliphatic rings. The number of pyridine rings is 2. The Morgan fingerprint density at radius 1 is 1.23 bits per heavy atom. The van der Waals surface area contributed by atoms with Crippen LogP contribution < -0.4 is 4.90 Å². The van der Waals surface area contributed by atoms with Gasteiger partial charge in [-0.05, 0) is 50.1 Å². The van der Waals surface area contributed by atoms with E-state index in [1.807, 2.05) is 11.1 Å². The molecule has 6 bridgehead atoms. The number of ether oxygens (including phenoxy) is 2. The van der Waals surface area contributed by atoms with Crippen LogP contribution in [0.4, 0.5) is 5.82 Å². The summed E-state index contributed by atoms with van der Waals surface area (Å²) in [6.07, 6.45) is 7.05. The first-order valence-corrected chi connectivity index (χ1v) is 12.5. The third kappa shape index (κ3) is 2.81. The SMILES string of the molecule is CO[C@@]1(c2cc(C)cc(-n3cc4c5cnc(cc53)N(C(C)=O)C3CC5(C3)CN(C)[C@@H]45)n2)CCOC1. The fraction of sp³-hybridized carbons (Fsp3) is 0.519. The molecule has 2 atom stereocenters. The van der Waals surface area contributed by atoms with E-state index in [4.69, 9.17) is 19.4 Å². The summed E-state index contributed by atoms with van der Waals surface area (Å²) < 4.78 is 13.9. The summed E-state index contributed by atoms with van der Waals surface area (Å²) in [4.78, 5) is 27.0. The molecule has 1 amide bonds. The molecule has 8 heteroatoms. The third-order valence-electron chi connectivity index (χ3n) is 8.87. The number of hydrogen-bond donors (Lipinski definition) is 0. The summed E-state index contributed by atoms with van der Waals surface area (Å²) in [6, 6.07) is 6.83. The number of methoxy groups -OCH3 is 1. The number of likely N-dealkylation sites (tertiary alicyclic amines) is 1. The molecule has 8 nitrogen and oxygen atoms in total. The molecule has 0 unspecified atom stereocenters. The Balaban J connectivity index is 1.46. The third-order valence-corrected chi connectivity index (χ3v) is 8.87. The van der Waals surface area contributed by atoms with E-state index in [9.17, 15) is 4.79 Å². The Morgan fingerprint density at radius 3 is 2.74 bits per heavy atom. The maximum atomic E-state index is 12.7. The molecule has 1 saturated carbocycles. The number of carbonyl (C=O) groups is 1. The molecule has 1 aliphatic carbocycles. The van der Waals surface area contributed by atoms with Gasteiger partial charge in [0.25, 0.3) is 0 Å². The molecule has 9 heterocycles. The zero-order chi connectivity index (χ0) is 24.1. The van der Waals surface area contributed by atoms with Gasteiger partial charge in [0.15, 0.2) is 0 Å². The number of aryl methyl sites for hydroxylation is 1. The first kappa shape index (κ1) is 21.5. The van der Waals surface area contributed by atoms with Gasteiger partial charge in [-0.15, -0.1) is 0 Å². The number of hydrogen-bond acceptors (Lipinski definition) is 6. The van der Waals surface area contributed by atoms with Crippen molar-refractivity contribution in [1.82, 2.24) is 19.4 Å². The van der Waals surface area contributed by atoms with Gasteiger partial charge in [0, 0.05) is 75.0 Å². The fourth-order valence-corrected chi connectivity index (χ4v) is 7.31. The van der Waals surface area contributed by atoms with Crippen molar-refractivity contribution < 1.29 is 14.3 Å². The fourth-order valence-electron chi connectivity index (χ4n) is 7.31. The highest BCUT2D eigenvalue weighted by atomic mass is 16.5. The second kappa shape index (κ2) is 7.12. The molecule has 2 saturated heterocycles. The number of carbonyl (C=O) groups excluding carboxylic acids is 1. The summed E-state index contributed by atoms with van der Waals surface area (Å²) in [5.74, 6) is 1.64. The van der Waals surface area contributed by atoms with E-state index < -0.39 is 5.60 Å². The summed E-state index contributed by atoms with van der Waals surface area (Å²) in [7, 11) is 3.94. The van der Waals surface area contributed by atoms with Gasteiger partial charge in [0.05, 0.1) is 17.8 Å². The van der Waals surface area contributed by atoms with Crippen LogP contribution in [0.2, 0.25) is 0 Å². The number of rotatable bonds is 3.